The number of likely N-dealkylation sites (tertiary alicyclic amines) is 1. The third-order valence-electron chi connectivity index (χ3n) is 5.28. The van der Waals surface area contributed by atoms with E-state index in [4.69, 9.17) is 5.11 Å². The van der Waals surface area contributed by atoms with Crippen LogP contribution in [0.5, 0.6) is 11.5 Å². The number of aromatic hydroxyl groups is 2. The third kappa shape index (κ3) is 10.6. The van der Waals surface area contributed by atoms with Crippen molar-refractivity contribution in [2.75, 3.05) is 40.8 Å². The zero-order valence-electron chi connectivity index (χ0n) is 20.0. The van der Waals surface area contributed by atoms with Gasteiger partial charge in [-0.3, -0.25) is 14.5 Å². The molecule has 1 aliphatic rings. The largest absolute Gasteiger partial charge is 0.504 e. The van der Waals surface area contributed by atoms with Crippen molar-refractivity contribution in [2.24, 2.45) is 0 Å². The van der Waals surface area contributed by atoms with E-state index in [9.17, 15) is 24.6 Å². The molecule has 10 nitrogen and oxygen atoms in total. The summed E-state index contributed by atoms with van der Waals surface area (Å²) in [5.74, 6) is -1.06. The summed E-state index contributed by atoms with van der Waals surface area (Å²) < 4.78 is 0. The van der Waals surface area contributed by atoms with E-state index >= 15 is 0 Å². The van der Waals surface area contributed by atoms with Crippen molar-refractivity contribution in [3.63, 3.8) is 0 Å². The number of amides is 2. The van der Waals surface area contributed by atoms with Crippen molar-refractivity contribution >= 4 is 18.1 Å². The van der Waals surface area contributed by atoms with Gasteiger partial charge in [-0.05, 0) is 65.1 Å². The Bertz CT molecular complexity index is 773. The lowest BCUT2D eigenvalue weighted by molar-refractivity contribution is -0.131. The zero-order chi connectivity index (χ0) is 25.0. The number of aldehydes is 1. The number of rotatable bonds is 9. The van der Waals surface area contributed by atoms with Crippen molar-refractivity contribution < 1.29 is 29.7 Å². The van der Waals surface area contributed by atoms with Crippen LogP contribution < -0.4 is 10.6 Å². The molecule has 186 valence electrons. The summed E-state index contributed by atoms with van der Waals surface area (Å²) in [5.41, 5.74) is 0.492. The zero-order valence-corrected chi connectivity index (χ0v) is 20.0. The molecule has 3 atom stereocenters. The van der Waals surface area contributed by atoms with Crippen molar-refractivity contribution in [3.05, 3.63) is 23.8 Å². The van der Waals surface area contributed by atoms with Gasteiger partial charge in [0.2, 0.25) is 11.8 Å². The second-order valence-electron chi connectivity index (χ2n) is 8.56. The standard InChI is InChI=1S/C12H15NO5.C11H23N3O/c1-7(6-14)13-12(18)11(17)5-8-2-3-9(15)10(16)4-8;1-13(2)9-7-12-11(15)10-6-4-5-8-14(10)3/h2-4,6-7,11,15-17H,5H2,1H3,(H,13,18);10H,4-9H2,1-3H3,(H,12,15). The van der Waals surface area contributed by atoms with Gasteiger partial charge >= 0.3 is 0 Å². The summed E-state index contributed by atoms with van der Waals surface area (Å²) in [6.07, 6.45) is 2.61. The summed E-state index contributed by atoms with van der Waals surface area (Å²) in [6, 6.07) is 3.44. The molecule has 1 saturated heterocycles. The number of aliphatic hydroxyl groups is 1. The summed E-state index contributed by atoms with van der Waals surface area (Å²) in [6.45, 7) is 4.19. The number of likely N-dealkylation sites (N-methyl/N-ethyl adjacent to an activating group) is 2. The molecule has 5 N–H and O–H groups in total. The maximum absolute atomic E-state index is 11.8. The van der Waals surface area contributed by atoms with E-state index in [-0.39, 0.29) is 29.9 Å². The number of hydrogen-bond donors (Lipinski definition) is 5. The fourth-order valence-corrected chi connectivity index (χ4v) is 3.29. The summed E-state index contributed by atoms with van der Waals surface area (Å²) in [5, 5.41) is 33.3. The number of phenolic OH excluding ortho intramolecular Hbond substituents is 2. The van der Waals surface area contributed by atoms with Crippen LogP contribution in [0.25, 0.3) is 0 Å². The quantitative estimate of drug-likeness (QED) is 0.250. The second kappa shape index (κ2) is 14.5. The average Bonchev–Trinajstić information content (AvgIpc) is 2.76. The molecule has 3 unspecified atom stereocenters. The third-order valence-corrected chi connectivity index (χ3v) is 5.28. The number of carbonyl (C=O) groups is 3. The molecule has 0 aromatic heterocycles. The van der Waals surface area contributed by atoms with Gasteiger partial charge in [0.1, 0.15) is 12.4 Å². The number of carbonyl (C=O) groups excluding carboxylic acids is 3. The average molecular weight is 467 g/mol. The molecule has 0 bridgehead atoms. The number of aliphatic hydroxyl groups excluding tert-OH is 1. The Morgan fingerprint density at radius 1 is 1.24 bits per heavy atom. The summed E-state index contributed by atoms with van der Waals surface area (Å²) >= 11 is 0. The van der Waals surface area contributed by atoms with Gasteiger partial charge in [0, 0.05) is 19.5 Å². The SMILES string of the molecule is CC(C=O)NC(=O)C(O)Cc1ccc(O)c(O)c1.CN(C)CCNC(=O)C1CCCCN1C. The second-order valence-corrected chi connectivity index (χ2v) is 8.56. The van der Waals surface area contributed by atoms with E-state index in [1.807, 2.05) is 21.1 Å². The van der Waals surface area contributed by atoms with Crippen LogP contribution >= 0.6 is 0 Å². The maximum atomic E-state index is 11.8. The van der Waals surface area contributed by atoms with E-state index in [1.54, 1.807) is 0 Å². The van der Waals surface area contributed by atoms with Crippen LogP contribution in [0.1, 0.15) is 31.7 Å². The Labute approximate surface area is 195 Å². The highest BCUT2D eigenvalue weighted by molar-refractivity contribution is 5.83. The van der Waals surface area contributed by atoms with Crippen molar-refractivity contribution in [3.8, 4) is 11.5 Å². The molecule has 33 heavy (non-hydrogen) atoms. The molecule has 2 amide bonds. The van der Waals surface area contributed by atoms with Crippen LogP contribution in [0.15, 0.2) is 18.2 Å². The summed E-state index contributed by atoms with van der Waals surface area (Å²) in [4.78, 5) is 37.8. The molecule has 1 aliphatic heterocycles. The molecular formula is C23H38N4O6. The maximum Gasteiger partial charge on any atom is 0.249 e. The monoisotopic (exact) mass is 466 g/mol. The fourth-order valence-electron chi connectivity index (χ4n) is 3.29. The molecule has 1 aromatic carbocycles. The molecule has 1 fully saturated rings. The highest BCUT2D eigenvalue weighted by atomic mass is 16.3. The van der Waals surface area contributed by atoms with Gasteiger partial charge in [-0.1, -0.05) is 12.5 Å². The molecule has 1 heterocycles. The van der Waals surface area contributed by atoms with Crippen LogP contribution in [0.2, 0.25) is 0 Å². The number of phenols is 2. The molecule has 10 heteroatoms. The Kier molecular flexibility index (Phi) is 12.4. The van der Waals surface area contributed by atoms with Crippen molar-refractivity contribution in [2.45, 2.75) is 50.8 Å². The van der Waals surface area contributed by atoms with Crippen LogP contribution in [0, 0.1) is 0 Å². The van der Waals surface area contributed by atoms with E-state index in [1.165, 1.54) is 38.0 Å². The van der Waals surface area contributed by atoms with Gasteiger partial charge in [-0.25, -0.2) is 0 Å². The fraction of sp³-hybridized carbons (Fsp3) is 0.609. The Balaban J connectivity index is 0.000000335. The van der Waals surface area contributed by atoms with E-state index in [0.29, 0.717) is 11.8 Å². The predicted octanol–water partition coefficient (Wildman–Crippen LogP) is -0.147. The van der Waals surface area contributed by atoms with Crippen LogP contribution in [-0.2, 0) is 20.8 Å². The first-order chi connectivity index (χ1) is 15.5. The number of nitrogens with zero attached hydrogens (tertiary/aromatic N) is 2. The lowest BCUT2D eigenvalue weighted by Crippen LogP contribution is -2.48. The van der Waals surface area contributed by atoms with E-state index in [2.05, 4.69) is 20.4 Å². The van der Waals surface area contributed by atoms with Gasteiger partial charge in [0.25, 0.3) is 0 Å². The Morgan fingerprint density at radius 2 is 1.94 bits per heavy atom. The van der Waals surface area contributed by atoms with Gasteiger partial charge in [-0.2, -0.15) is 0 Å². The highest BCUT2D eigenvalue weighted by Gasteiger charge is 2.25. The number of benzene rings is 1. The molecular weight excluding hydrogens is 428 g/mol. The smallest absolute Gasteiger partial charge is 0.249 e. The van der Waals surface area contributed by atoms with Gasteiger partial charge < -0.3 is 35.6 Å². The normalized spacial score (nSPS) is 17.9. The minimum atomic E-state index is -1.32. The first-order valence-corrected chi connectivity index (χ1v) is 11.1. The lowest BCUT2D eigenvalue weighted by Gasteiger charge is -2.31. The molecule has 2 rings (SSSR count). The summed E-state index contributed by atoms with van der Waals surface area (Å²) in [7, 11) is 6.06. The van der Waals surface area contributed by atoms with E-state index < -0.39 is 18.1 Å². The van der Waals surface area contributed by atoms with Crippen molar-refractivity contribution in [1.29, 1.82) is 0 Å². The van der Waals surface area contributed by atoms with Crippen LogP contribution in [-0.4, -0.2) is 102 Å². The molecule has 1 aromatic rings. The first kappa shape index (κ1) is 28.3. The first-order valence-electron chi connectivity index (χ1n) is 11.1. The molecule has 0 aliphatic carbocycles. The van der Waals surface area contributed by atoms with Crippen LogP contribution in [0.3, 0.4) is 0 Å². The Morgan fingerprint density at radius 3 is 2.52 bits per heavy atom. The van der Waals surface area contributed by atoms with Gasteiger partial charge in [0.05, 0.1) is 12.1 Å². The lowest BCUT2D eigenvalue weighted by atomic mass is 10.0. The van der Waals surface area contributed by atoms with Gasteiger partial charge in [-0.15, -0.1) is 0 Å². The van der Waals surface area contributed by atoms with Crippen molar-refractivity contribution in [1.82, 2.24) is 20.4 Å². The molecule has 0 saturated carbocycles. The number of piperidine rings is 1. The van der Waals surface area contributed by atoms with Gasteiger partial charge in [0.15, 0.2) is 11.5 Å². The van der Waals surface area contributed by atoms with Crippen LogP contribution in [0.4, 0.5) is 0 Å². The highest BCUT2D eigenvalue weighted by Crippen LogP contribution is 2.25. The molecule has 0 spiro atoms. The van der Waals surface area contributed by atoms with E-state index in [0.717, 1.165) is 26.1 Å². The number of hydrogen-bond acceptors (Lipinski definition) is 8. The predicted molar refractivity (Wildman–Crippen MR) is 125 cm³/mol. The molecule has 0 radical (unpaired) electrons. The Hall–Kier alpha value is -2.69. The minimum Gasteiger partial charge on any atom is -0.504 e. The minimum absolute atomic E-state index is 0.0226. The topological polar surface area (TPSA) is 142 Å². The number of nitrogens with one attached hydrogen (secondary N) is 2.